The number of hydrogen-bond donors (Lipinski definition) is 1. The molecule has 0 radical (unpaired) electrons. The number of piperidine rings is 1. The average molecular weight is 311 g/mol. The summed E-state index contributed by atoms with van der Waals surface area (Å²) in [5.41, 5.74) is 2.13. The minimum Gasteiger partial charge on any atom is -0.497 e. The molecule has 3 rings (SSSR count). The number of carbonyl (C=O) groups is 1. The molecule has 1 fully saturated rings. The molecule has 0 saturated carbocycles. The molecule has 4 heteroatoms. The number of Topliss-reactive ketones (excluding diaryl/α,β-unsaturated/α-hetero) is 1. The van der Waals surface area contributed by atoms with E-state index >= 15 is 0 Å². The van der Waals surface area contributed by atoms with Gasteiger partial charge in [0.25, 0.3) is 0 Å². The maximum atomic E-state index is 12.2. The molecule has 2 atom stereocenters. The molecule has 2 aromatic carbocycles. The molecule has 0 unspecified atom stereocenters. The molecule has 0 spiro atoms. The van der Waals surface area contributed by atoms with Crippen LogP contribution in [-0.4, -0.2) is 20.0 Å². The zero-order valence-electron chi connectivity index (χ0n) is 13.4. The second kappa shape index (κ2) is 6.84. The standard InChI is InChI=1S/C19H21NO3/c1-22-15-8-9-16(19(12-15)23-2)18-11-14(21)10-17(20-18)13-6-4-3-5-7-13/h3-9,12,17-18,20H,10-11H2,1-2H3/t17-,18+/m0/s1. The number of methoxy groups -OCH3 is 2. The Bertz CT molecular complexity index is 684. The highest BCUT2D eigenvalue weighted by molar-refractivity contribution is 5.81. The Hall–Kier alpha value is -2.33. The fourth-order valence-corrected chi connectivity index (χ4v) is 3.10. The number of ketones is 1. The smallest absolute Gasteiger partial charge is 0.136 e. The summed E-state index contributed by atoms with van der Waals surface area (Å²) >= 11 is 0. The lowest BCUT2D eigenvalue weighted by Crippen LogP contribution is -2.35. The van der Waals surface area contributed by atoms with Crippen LogP contribution in [0.3, 0.4) is 0 Å². The largest absolute Gasteiger partial charge is 0.497 e. The zero-order valence-corrected chi connectivity index (χ0v) is 13.4. The monoisotopic (exact) mass is 311 g/mol. The van der Waals surface area contributed by atoms with Crippen molar-refractivity contribution in [1.82, 2.24) is 5.32 Å². The normalized spacial score (nSPS) is 21.0. The second-order valence-electron chi connectivity index (χ2n) is 5.74. The maximum Gasteiger partial charge on any atom is 0.136 e. The van der Waals surface area contributed by atoms with Crippen molar-refractivity contribution < 1.29 is 14.3 Å². The fourth-order valence-electron chi connectivity index (χ4n) is 3.10. The molecule has 0 aromatic heterocycles. The second-order valence-corrected chi connectivity index (χ2v) is 5.74. The Morgan fingerprint density at radius 1 is 0.957 bits per heavy atom. The average Bonchev–Trinajstić information content (AvgIpc) is 2.61. The van der Waals surface area contributed by atoms with E-state index in [1.165, 1.54) is 0 Å². The molecule has 1 saturated heterocycles. The van der Waals surface area contributed by atoms with Crippen LogP contribution in [0.15, 0.2) is 48.5 Å². The zero-order chi connectivity index (χ0) is 16.2. The molecule has 1 N–H and O–H groups in total. The van der Waals surface area contributed by atoms with Crippen LogP contribution >= 0.6 is 0 Å². The summed E-state index contributed by atoms with van der Waals surface area (Å²) < 4.78 is 10.7. The summed E-state index contributed by atoms with van der Waals surface area (Å²) in [7, 11) is 3.26. The summed E-state index contributed by atoms with van der Waals surface area (Å²) in [5, 5.41) is 3.59. The SMILES string of the molecule is COc1ccc([C@H]2CC(=O)C[C@@H](c3ccccc3)N2)c(OC)c1. The van der Waals surface area contributed by atoms with Gasteiger partial charge in [-0.3, -0.25) is 4.79 Å². The summed E-state index contributed by atoms with van der Waals surface area (Å²) in [5.74, 6) is 1.75. The lowest BCUT2D eigenvalue weighted by molar-refractivity contribution is -0.121. The highest BCUT2D eigenvalue weighted by Crippen LogP contribution is 2.36. The summed E-state index contributed by atoms with van der Waals surface area (Å²) in [4.78, 5) is 12.2. The van der Waals surface area contributed by atoms with Crippen LogP contribution in [0.2, 0.25) is 0 Å². The minimum absolute atomic E-state index is 0.0363. The highest BCUT2D eigenvalue weighted by atomic mass is 16.5. The van der Waals surface area contributed by atoms with Gasteiger partial charge in [-0.2, -0.15) is 0 Å². The van der Waals surface area contributed by atoms with E-state index in [2.05, 4.69) is 17.4 Å². The van der Waals surface area contributed by atoms with Crippen molar-refractivity contribution in [2.75, 3.05) is 14.2 Å². The maximum absolute atomic E-state index is 12.2. The molecular formula is C19H21NO3. The Balaban J connectivity index is 1.89. The van der Waals surface area contributed by atoms with Crippen molar-refractivity contribution in [2.45, 2.75) is 24.9 Å². The van der Waals surface area contributed by atoms with E-state index in [4.69, 9.17) is 9.47 Å². The topological polar surface area (TPSA) is 47.6 Å². The quantitative estimate of drug-likeness (QED) is 0.939. The first-order valence-corrected chi connectivity index (χ1v) is 7.76. The fraction of sp³-hybridized carbons (Fsp3) is 0.316. The van der Waals surface area contributed by atoms with Gasteiger partial charge in [-0.25, -0.2) is 0 Å². The van der Waals surface area contributed by atoms with E-state index < -0.39 is 0 Å². The number of ether oxygens (including phenoxy) is 2. The van der Waals surface area contributed by atoms with Gasteiger partial charge in [-0.05, 0) is 11.6 Å². The summed E-state index contributed by atoms with van der Waals surface area (Å²) in [6, 6.07) is 15.8. The van der Waals surface area contributed by atoms with Crippen LogP contribution < -0.4 is 14.8 Å². The van der Waals surface area contributed by atoms with E-state index in [9.17, 15) is 4.79 Å². The van der Waals surface area contributed by atoms with Gasteiger partial charge in [-0.1, -0.05) is 36.4 Å². The first kappa shape index (κ1) is 15.6. The van der Waals surface area contributed by atoms with Gasteiger partial charge in [0.15, 0.2) is 0 Å². The van der Waals surface area contributed by atoms with Crippen molar-refractivity contribution in [2.24, 2.45) is 0 Å². The van der Waals surface area contributed by atoms with Crippen molar-refractivity contribution in [3.8, 4) is 11.5 Å². The first-order chi connectivity index (χ1) is 11.2. The van der Waals surface area contributed by atoms with Gasteiger partial charge in [0, 0.05) is 36.6 Å². The third-order valence-electron chi connectivity index (χ3n) is 4.28. The molecule has 0 amide bonds. The third-order valence-corrected chi connectivity index (χ3v) is 4.28. The lowest BCUT2D eigenvalue weighted by Gasteiger charge is -2.31. The van der Waals surface area contributed by atoms with Crippen molar-refractivity contribution in [1.29, 1.82) is 0 Å². The van der Waals surface area contributed by atoms with Crippen LogP contribution in [0.25, 0.3) is 0 Å². The molecule has 0 aliphatic carbocycles. The molecule has 4 nitrogen and oxygen atoms in total. The van der Waals surface area contributed by atoms with E-state index in [0.29, 0.717) is 12.8 Å². The number of benzene rings is 2. The summed E-state index contributed by atoms with van der Waals surface area (Å²) in [6.07, 6.45) is 1.00. The Labute approximate surface area is 136 Å². The molecule has 1 heterocycles. The van der Waals surface area contributed by atoms with Gasteiger partial charge in [0.2, 0.25) is 0 Å². The van der Waals surface area contributed by atoms with Gasteiger partial charge < -0.3 is 14.8 Å². The van der Waals surface area contributed by atoms with Crippen LogP contribution in [0.4, 0.5) is 0 Å². The predicted molar refractivity (Wildman–Crippen MR) is 88.8 cm³/mol. The van der Waals surface area contributed by atoms with Crippen LogP contribution in [0, 0.1) is 0 Å². The molecule has 1 aliphatic heterocycles. The minimum atomic E-state index is -0.0534. The van der Waals surface area contributed by atoms with E-state index in [0.717, 1.165) is 22.6 Å². The molecule has 120 valence electrons. The van der Waals surface area contributed by atoms with Gasteiger partial charge in [0.1, 0.15) is 17.3 Å². The predicted octanol–water partition coefficient (Wildman–Crippen LogP) is 3.44. The van der Waals surface area contributed by atoms with Crippen molar-refractivity contribution in [3.05, 3.63) is 59.7 Å². The van der Waals surface area contributed by atoms with E-state index in [1.54, 1.807) is 14.2 Å². The lowest BCUT2D eigenvalue weighted by atomic mass is 9.89. The van der Waals surface area contributed by atoms with Crippen LogP contribution in [0.1, 0.15) is 36.1 Å². The summed E-state index contributed by atoms with van der Waals surface area (Å²) in [6.45, 7) is 0. The van der Waals surface area contributed by atoms with Crippen molar-refractivity contribution in [3.63, 3.8) is 0 Å². The van der Waals surface area contributed by atoms with Crippen LogP contribution in [-0.2, 0) is 4.79 Å². The Morgan fingerprint density at radius 2 is 1.70 bits per heavy atom. The van der Waals surface area contributed by atoms with Gasteiger partial charge >= 0.3 is 0 Å². The Morgan fingerprint density at radius 3 is 2.39 bits per heavy atom. The highest BCUT2D eigenvalue weighted by Gasteiger charge is 2.30. The number of carbonyl (C=O) groups excluding carboxylic acids is 1. The van der Waals surface area contributed by atoms with Crippen molar-refractivity contribution >= 4 is 5.78 Å². The molecule has 0 bridgehead atoms. The Kier molecular flexibility index (Phi) is 4.63. The van der Waals surface area contributed by atoms with E-state index in [-0.39, 0.29) is 17.9 Å². The van der Waals surface area contributed by atoms with Crippen LogP contribution in [0.5, 0.6) is 11.5 Å². The van der Waals surface area contributed by atoms with Gasteiger partial charge in [0.05, 0.1) is 14.2 Å². The first-order valence-electron chi connectivity index (χ1n) is 7.76. The van der Waals surface area contributed by atoms with Gasteiger partial charge in [-0.15, -0.1) is 0 Å². The number of rotatable bonds is 4. The number of nitrogens with one attached hydrogen (secondary N) is 1. The molecule has 23 heavy (non-hydrogen) atoms. The molecular weight excluding hydrogens is 290 g/mol. The van der Waals surface area contributed by atoms with E-state index in [1.807, 2.05) is 36.4 Å². The molecule has 2 aromatic rings. The molecule has 1 aliphatic rings. The third kappa shape index (κ3) is 3.37. The number of hydrogen-bond acceptors (Lipinski definition) is 4.